The van der Waals surface area contributed by atoms with Crippen LogP contribution >= 0.6 is 11.3 Å². The summed E-state index contributed by atoms with van der Waals surface area (Å²) in [4.78, 5) is 0. The van der Waals surface area contributed by atoms with Gasteiger partial charge in [-0.1, -0.05) is 115 Å². The van der Waals surface area contributed by atoms with Crippen LogP contribution in [0.5, 0.6) is 0 Å². The van der Waals surface area contributed by atoms with E-state index in [1.165, 1.54) is 97.4 Å². The lowest BCUT2D eigenvalue weighted by Crippen LogP contribution is -1.93. The number of rotatable bonds is 4. The lowest BCUT2D eigenvalue weighted by molar-refractivity contribution is 1.18. The SMILES string of the molecule is c1ccc(-c2ccc3c(c2)c2cc(-c4ccc5c(c4)c4ccc6c7ccccc7sc6c4n5-c4ccccc4)ccc2n3-c2ccccc2)cc1. The molecule has 238 valence electrons. The van der Waals surface area contributed by atoms with Gasteiger partial charge in [0.1, 0.15) is 0 Å². The van der Waals surface area contributed by atoms with Crippen LogP contribution in [0, 0.1) is 0 Å². The quantitative estimate of drug-likeness (QED) is 0.177. The van der Waals surface area contributed by atoms with Gasteiger partial charge in [0.2, 0.25) is 0 Å². The van der Waals surface area contributed by atoms with Gasteiger partial charge < -0.3 is 9.13 Å². The van der Waals surface area contributed by atoms with Crippen molar-refractivity contribution < 1.29 is 0 Å². The van der Waals surface area contributed by atoms with Crippen molar-refractivity contribution in [2.75, 3.05) is 0 Å². The Hall–Kier alpha value is -6.42. The molecule has 8 aromatic carbocycles. The highest BCUT2D eigenvalue weighted by Gasteiger charge is 2.19. The van der Waals surface area contributed by atoms with E-state index in [0.29, 0.717) is 0 Å². The third-order valence-corrected chi connectivity index (χ3v) is 11.7. The number of para-hydroxylation sites is 2. The second-order valence-corrected chi connectivity index (χ2v) is 14.4. The zero-order valence-corrected chi connectivity index (χ0v) is 28.4. The first-order chi connectivity index (χ1) is 25.3. The fourth-order valence-corrected chi connectivity index (χ4v) is 9.41. The van der Waals surface area contributed by atoms with Crippen molar-refractivity contribution in [1.29, 1.82) is 0 Å². The van der Waals surface area contributed by atoms with Crippen LogP contribution in [0.25, 0.3) is 97.4 Å². The molecule has 0 aliphatic heterocycles. The molecule has 3 heteroatoms. The molecule has 0 unspecified atom stereocenters. The molecule has 0 radical (unpaired) electrons. The number of benzene rings is 8. The topological polar surface area (TPSA) is 9.86 Å². The second-order valence-electron chi connectivity index (χ2n) is 13.3. The zero-order valence-electron chi connectivity index (χ0n) is 27.6. The first kappa shape index (κ1) is 28.4. The summed E-state index contributed by atoms with van der Waals surface area (Å²) >= 11 is 1.90. The molecule has 0 saturated heterocycles. The molecule has 51 heavy (non-hydrogen) atoms. The van der Waals surface area contributed by atoms with Crippen LogP contribution in [0.2, 0.25) is 0 Å². The predicted molar refractivity (Wildman–Crippen MR) is 219 cm³/mol. The summed E-state index contributed by atoms with van der Waals surface area (Å²) in [5, 5.41) is 7.70. The predicted octanol–water partition coefficient (Wildman–Crippen LogP) is 13.6. The smallest absolute Gasteiger partial charge is 0.0719 e. The summed E-state index contributed by atoms with van der Waals surface area (Å²) < 4.78 is 7.52. The van der Waals surface area contributed by atoms with Crippen LogP contribution in [0.3, 0.4) is 0 Å². The molecule has 0 spiro atoms. The molecule has 0 amide bonds. The van der Waals surface area contributed by atoms with Gasteiger partial charge in [0.25, 0.3) is 0 Å². The molecule has 3 heterocycles. The van der Waals surface area contributed by atoms with Gasteiger partial charge >= 0.3 is 0 Å². The average Bonchev–Trinajstić information content (AvgIpc) is 3.86. The fraction of sp³-hybridized carbons (Fsp3) is 0. The summed E-state index contributed by atoms with van der Waals surface area (Å²) in [6.45, 7) is 0. The van der Waals surface area contributed by atoms with Gasteiger partial charge in [-0.15, -0.1) is 11.3 Å². The van der Waals surface area contributed by atoms with E-state index in [1.807, 2.05) is 11.3 Å². The molecular formula is C48H30N2S. The Morgan fingerprint density at radius 3 is 1.41 bits per heavy atom. The minimum absolute atomic E-state index is 1.17. The maximum Gasteiger partial charge on any atom is 0.0719 e. The summed E-state index contributed by atoms with van der Waals surface area (Å²) in [5.74, 6) is 0. The molecule has 0 aliphatic carbocycles. The van der Waals surface area contributed by atoms with E-state index in [-0.39, 0.29) is 0 Å². The van der Waals surface area contributed by atoms with Crippen molar-refractivity contribution in [3.63, 3.8) is 0 Å². The van der Waals surface area contributed by atoms with E-state index >= 15 is 0 Å². The minimum atomic E-state index is 1.17. The van der Waals surface area contributed by atoms with E-state index in [4.69, 9.17) is 0 Å². The van der Waals surface area contributed by atoms with Crippen LogP contribution in [0.15, 0.2) is 182 Å². The molecule has 0 aliphatic rings. The summed E-state index contributed by atoms with van der Waals surface area (Å²) in [6.07, 6.45) is 0. The van der Waals surface area contributed by atoms with E-state index in [1.54, 1.807) is 0 Å². The largest absolute Gasteiger partial charge is 0.309 e. The number of thiophene rings is 1. The molecule has 0 atom stereocenters. The maximum atomic E-state index is 2.47. The molecule has 0 bridgehead atoms. The lowest BCUT2D eigenvalue weighted by atomic mass is 9.99. The van der Waals surface area contributed by atoms with Crippen LogP contribution in [0.4, 0.5) is 0 Å². The van der Waals surface area contributed by atoms with Crippen LogP contribution < -0.4 is 0 Å². The Kier molecular flexibility index (Phi) is 6.16. The Bertz CT molecular complexity index is 3110. The summed E-state index contributed by atoms with van der Waals surface area (Å²) in [5.41, 5.74) is 12.1. The highest BCUT2D eigenvalue weighted by Crippen LogP contribution is 2.44. The third kappa shape index (κ3) is 4.29. The van der Waals surface area contributed by atoms with Crippen molar-refractivity contribution in [2.45, 2.75) is 0 Å². The van der Waals surface area contributed by atoms with Crippen molar-refractivity contribution >= 4 is 75.1 Å². The monoisotopic (exact) mass is 666 g/mol. The summed E-state index contributed by atoms with van der Waals surface area (Å²) in [6, 6.07) is 66.6. The first-order valence-corrected chi connectivity index (χ1v) is 18.3. The van der Waals surface area contributed by atoms with Gasteiger partial charge in [-0.2, -0.15) is 0 Å². The van der Waals surface area contributed by atoms with Gasteiger partial charge in [0.05, 0.1) is 26.8 Å². The minimum Gasteiger partial charge on any atom is -0.309 e. The molecule has 2 nitrogen and oxygen atoms in total. The van der Waals surface area contributed by atoms with Crippen LogP contribution in [-0.4, -0.2) is 9.13 Å². The number of nitrogens with zero attached hydrogens (tertiary/aromatic N) is 2. The lowest BCUT2D eigenvalue weighted by Gasteiger charge is -2.09. The Morgan fingerprint density at radius 1 is 0.314 bits per heavy atom. The number of fused-ring (bicyclic) bond motifs is 10. The van der Waals surface area contributed by atoms with Crippen LogP contribution in [-0.2, 0) is 0 Å². The van der Waals surface area contributed by atoms with Crippen molar-refractivity contribution in [3.8, 4) is 33.6 Å². The normalized spacial score (nSPS) is 11.9. The molecular weight excluding hydrogens is 637 g/mol. The Balaban J connectivity index is 1.17. The van der Waals surface area contributed by atoms with E-state index in [9.17, 15) is 0 Å². The molecule has 11 aromatic rings. The van der Waals surface area contributed by atoms with Crippen molar-refractivity contribution in [1.82, 2.24) is 9.13 Å². The van der Waals surface area contributed by atoms with Gasteiger partial charge in [0, 0.05) is 48.4 Å². The molecule has 0 N–H and O–H groups in total. The Morgan fingerprint density at radius 2 is 0.784 bits per heavy atom. The fourth-order valence-electron chi connectivity index (χ4n) is 8.17. The van der Waals surface area contributed by atoms with E-state index in [2.05, 4.69) is 191 Å². The standard InChI is InChI=1S/C48H30N2S/c1-4-12-31(13-5-1)32-20-25-43-41(28-32)42-30-34(21-26-44(42)49(43)35-14-6-2-7-15-35)33-22-27-45-40(29-33)38-23-24-39-37-18-10-11-19-46(37)51-48(39)47(38)50(45)36-16-8-3-9-17-36/h1-30H. The molecule has 0 fully saturated rings. The first-order valence-electron chi connectivity index (χ1n) is 17.4. The number of hydrogen-bond donors (Lipinski definition) is 0. The maximum absolute atomic E-state index is 2.47. The average molecular weight is 667 g/mol. The Labute approximate surface area is 298 Å². The highest BCUT2D eigenvalue weighted by atomic mass is 32.1. The van der Waals surface area contributed by atoms with Gasteiger partial charge in [-0.25, -0.2) is 0 Å². The third-order valence-electron chi connectivity index (χ3n) is 10.5. The van der Waals surface area contributed by atoms with Crippen LogP contribution in [0.1, 0.15) is 0 Å². The number of hydrogen-bond acceptors (Lipinski definition) is 1. The van der Waals surface area contributed by atoms with Gasteiger partial charge in [0.15, 0.2) is 0 Å². The molecule has 0 saturated carbocycles. The molecule has 11 rings (SSSR count). The van der Waals surface area contributed by atoms with Gasteiger partial charge in [-0.3, -0.25) is 0 Å². The van der Waals surface area contributed by atoms with Gasteiger partial charge in [-0.05, 0) is 89.0 Å². The van der Waals surface area contributed by atoms with E-state index < -0.39 is 0 Å². The number of aromatic nitrogens is 2. The highest BCUT2D eigenvalue weighted by molar-refractivity contribution is 7.26. The summed E-state index contributed by atoms with van der Waals surface area (Å²) in [7, 11) is 0. The van der Waals surface area contributed by atoms with Crippen molar-refractivity contribution in [2.24, 2.45) is 0 Å². The van der Waals surface area contributed by atoms with Crippen molar-refractivity contribution in [3.05, 3.63) is 182 Å². The zero-order chi connectivity index (χ0) is 33.5. The molecule has 3 aromatic heterocycles. The second kappa shape index (κ2) is 11.0. The van der Waals surface area contributed by atoms with E-state index in [0.717, 1.165) is 0 Å².